The topological polar surface area (TPSA) is 61.3 Å². The first-order valence-electron chi connectivity index (χ1n) is 6.31. The Kier molecular flexibility index (Phi) is 3.69. The second kappa shape index (κ2) is 5.07. The Balaban J connectivity index is 2.15. The van der Waals surface area contributed by atoms with Crippen molar-refractivity contribution in [1.82, 2.24) is 0 Å². The molecule has 4 N–H and O–H groups in total. The van der Waals surface area contributed by atoms with Crippen LogP contribution in [0.4, 0.5) is 0 Å². The molecule has 0 spiro atoms. The van der Waals surface area contributed by atoms with E-state index in [1.165, 1.54) is 12.8 Å². The third-order valence-electron chi connectivity index (χ3n) is 3.33. The van der Waals surface area contributed by atoms with Crippen molar-refractivity contribution in [3.05, 3.63) is 28.8 Å². The Bertz CT molecular complexity index is 376. The maximum absolute atomic E-state index is 5.95. The largest absolute Gasteiger partial charge is 0.493 e. The summed E-state index contributed by atoms with van der Waals surface area (Å²) in [5, 5.41) is 0. The van der Waals surface area contributed by atoms with Gasteiger partial charge in [0.2, 0.25) is 0 Å². The molecular formula is C14H22N2O. The molecule has 1 aliphatic rings. The Hall–Kier alpha value is -1.06. The number of hydrogen-bond acceptors (Lipinski definition) is 3. The van der Waals surface area contributed by atoms with Crippen molar-refractivity contribution in [3.63, 3.8) is 0 Å². The fourth-order valence-corrected chi connectivity index (χ4v) is 2.05. The van der Waals surface area contributed by atoms with Crippen LogP contribution in [0.15, 0.2) is 12.1 Å². The van der Waals surface area contributed by atoms with Crippen LogP contribution < -0.4 is 16.2 Å². The van der Waals surface area contributed by atoms with Gasteiger partial charge in [-0.25, -0.2) is 0 Å². The predicted molar refractivity (Wildman–Crippen MR) is 70.1 cm³/mol. The quantitative estimate of drug-likeness (QED) is 0.819. The molecule has 1 saturated carbocycles. The van der Waals surface area contributed by atoms with Crippen molar-refractivity contribution in [2.75, 3.05) is 13.2 Å². The van der Waals surface area contributed by atoms with Crippen LogP contribution in [0.25, 0.3) is 0 Å². The second-order valence-corrected chi connectivity index (χ2v) is 5.08. The first kappa shape index (κ1) is 12.4. The van der Waals surface area contributed by atoms with E-state index in [9.17, 15) is 0 Å². The fourth-order valence-electron chi connectivity index (χ4n) is 2.05. The Morgan fingerprint density at radius 3 is 2.35 bits per heavy atom. The number of nitrogens with two attached hydrogens (primary N) is 2. The van der Waals surface area contributed by atoms with Crippen molar-refractivity contribution in [2.45, 2.75) is 32.7 Å². The zero-order chi connectivity index (χ0) is 12.4. The normalized spacial score (nSPS) is 16.9. The van der Waals surface area contributed by atoms with E-state index in [1.807, 2.05) is 0 Å². The number of rotatable bonds is 5. The predicted octanol–water partition coefficient (Wildman–Crippen LogP) is 2.05. The van der Waals surface area contributed by atoms with Gasteiger partial charge < -0.3 is 16.2 Å². The van der Waals surface area contributed by atoms with E-state index < -0.39 is 0 Å². The molecule has 17 heavy (non-hydrogen) atoms. The maximum Gasteiger partial charge on any atom is 0.125 e. The lowest BCUT2D eigenvalue weighted by atomic mass is 10.0. The van der Waals surface area contributed by atoms with Crippen LogP contribution in [0.1, 0.15) is 35.6 Å². The molecule has 0 bridgehead atoms. The Labute approximate surface area is 103 Å². The molecule has 0 amide bonds. The minimum Gasteiger partial charge on any atom is -0.493 e. The minimum absolute atomic E-state index is 0.0788. The van der Waals surface area contributed by atoms with Gasteiger partial charge in [0, 0.05) is 12.6 Å². The van der Waals surface area contributed by atoms with Crippen LogP contribution in [-0.4, -0.2) is 13.2 Å². The molecular weight excluding hydrogens is 212 g/mol. The number of ether oxygens (including phenoxy) is 1. The van der Waals surface area contributed by atoms with Crippen LogP contribution in [-0.2, 0) is 0 Å². The SMILES string of the molecule is Cc1cc(C(N)CN)cc(C)c1OCC1CC1. The summed E-state index contributed by atoms with van der Waals surface area (Å²) >= 11 is 0. The number of aryl methyl sites for hydroxylation is 2. The second-order valence-electron chi connectivity index (χ2n) is 5.08. The molecule has 0 aromatic heterocycles. The summed E-state index contributed by atoms with van der Waals surface area (Å²) in [5.74, 6) is 1.80. The van der Waals surface area contributed by atoms with Crippen LogP contribution >= 0.6 is 0 Å². The van der Waals surface area contributed by atoms with E-state index in [0.29, 0.717) is 6.54 Å². The van der Waals surface area contributed by atoms with Gasteiger partial charge in [-0.3, -0.25) is 0 Å². The van der Waals surface area contributed by atoms with E-state index in [2.05, 4.69) is 26.0 Å². The van der Waals surface area contributed by atoms with Crippen LogP contribution in [0.5, 0.6) is 5.75 Å². The molecule has 1 unspecified atom stereocenters. The first-order chi connectivity index (χ1) is 8.11. The molecule has 1 atom stereocenters. The molecule has 1 aromatic rings. The highest BCUT2D eigenvalue weighted by Gasteiger charge is 2.22. The lowest BCUT2D eigenvalue weighted by Gasteiger charge is -2.16. The summed E-state index contributed by atoms with van der Waals surface area (Å²) in [6.07, 6.45) is 2.63. The van der Waals surface area contributed by atoms with Gasteiger partial charge in [0.25, 0.3) is 0 Å². The monoisotopic (exact) mass is 234 g/mol. The van der Waals surface area contributed by atoms with Crippen molar-refractivity contribution < 1.29 is 4.74 Å². The highest BCUT2D eigenvalue weighted by atomic mass is 16.5. The fraction of sp³-hybridized carbons (Fsp3) is 0.571. The number of hydrogen-bond donors (Lipinski definition) is 2. The zero-order valence-corrected chi connectivity index (χ0v) is 10.7. The minimum atomic E-state index is -0.0788. The van der Waals surface area contributed by atoms with Gasteiger partial charge in [-0.2, -0.15) is 0 Å². The van der Waals surface area contributed by atoms with E-state index in [1.54, 1.807) is 0 Å². The molecule has 0 radical (unpaired) electrons. The Morgan fingerprint density at radius 1 is 1.29 bits per heavy atom. The van der Waals surface area contributed by atoms with Crippen molar-refractivity contribution in [3.8, 4) is 5.75 Å². The highest BCUT2D eigenvalue weighted by Crippen LogP contribution is 2.32. The smallest absolute Gasteiger partial charge is 0.125 e. The average molecular weight is 234 g/mol. The van der Waals surface area contributed by atoms with Gasteiger partial charge in [-0.05, 0) is 49.3 Å². The lowest BCUT2D eigenvalue weighted by molar-refractivity contribution is 0.296. The zero-order valence-electron chi connectivity index (χ0n) is 10.7. The highest BCUT2D eigenvalue weighted by molar-refractivity contribution is 5.44. The van der Waals surface area contributed by atoms with Crippen molar-refractivity contribution in [1.29, 1.82) is 0 Å². The van der Waals surface area contributed by atoms with E-state index >= 15 is 0 Å². The summed E-state index contributed by atoms with van der Waals surface area (Å²) in [6.45, 7) is 5.47. The standard InChI is InChI=1S/C14H22N2O/c1-9-5-12(13(16)7-15)6-10(2)14(9)17-8-11-3-4-11/h5-6,11,13H,3-4,7-8,15-16H2,1-2H3. The summed E-state index contributed by atoms with van der Waals surface area (Å²) < 4.78 is 5.89. The van der Waals surface area contributed by atoms with Gasteiger partial charge >= 0.3 is 0 Å². The number of benzene rings is 1. The Morgan fingerprint density at radius 2 is 1.88 bits per heavy atom. The molecule has 0 heterocycles. The van der Waals surface area contributed by atoms with Gasteiger partial charge in [0.15, 0.2) is 0 Å². The maximum atomic E-state index is 5.95. The summed E-state index contributed by atoms with van der Waals surface area (Å²) in [5.41, 5.74) is 15.0. The van der Waals surface area contributed by atoms with E-state index in [0.717, 1.165) is 35.0 Å². The first-order valence-corrected chi connectivity index (χ1v) is 6.31. The molecule has 0 saturated heterocycles. The van der Waals surface area contributed by atoms with Crippen molar-refractivity contribution in [2.24, 2.45) is 17.4 Å². The average Bonchev–Trinajstić information content (AvgIpc) is 3.10. The molecule has 1 aliphatic carbocycles. The lowest BCUT2D eigenvalue weighted by Crippen LogP contribution is -2.21. The van der Waals surface area contributed by atoms with Gasteiger partial charge in [-0.1, -0.05) is 12.1 Å². The molecule has 3 nitrogen and oxygen atoms in total. The van der Waals surface area contributed by atoms with Gasteiger partial charge in [0.1, 0.15) is 5.75 Å². The molecule has 1 aromatic carbocycles. The molecule has 3 heteroatoms. The van der Waals surface area contributed by atoms with Crippen molar-refractivity contribution >= 4 is 0 Å². The third kappa shape index (κ3) is 2.99. The molecule has 2 rings (SSSR count). The molecule has 94 valence electrons. The van der Waals surface area contributed by atoms with E-state index in [-0.39, 0.29) is 6.04 Å². The van der Waals surface area contributed by atoms with Gasteiger partial charge in [0.05, 0.1) is 6.61 Å². The van der Waals surface area contributed by atoms with E-state index in [4.69, 9.17) is 16.2 Å². The van der Waals surface area contributed by atoms with Crippen LogP contribution in [0.3, 0.4) is 0 Å². The van der Waals surface area contributed by atoms with Crippen LogP contribution in [0.2, 0.25) is 0 Å². The summed E-state index contributed by atoms with van der Waals surface area (Å²) in [7, 11) is 0. The molecule has 1 fully saturated rings. The van der Waals surface area contributed by atoms with Crippen LogP contribution in [0, 0.1) is 19.8 Å². The summed E-state index contributed by atoms with van der Waals surface area (Å²) in [4.78, 5) is 0. The third-order valence-corrected chi connectivity index (χ3v) is 3.33. The molecule has 0 aliphatic heterocycles. The van der Waals surface area contributed by atoms with Gasteiger partial charge in [-0.15, -0.1) is 0 Å². The summed E-state index contributed by atoms with van der Waals surface area (Å²) in [6, 6.07) is 4.10.